The van der Waals surface area contributed by atoms with Crippen LogP contribution in [0.2, 0.25) is 0 Å². The summed E-state index contributed by atoms with van der Waals surface area (Å²) in [6, 6.07) is 10.4. The number of hydrogen-bond acceptors (Lipinski definition) is 3. The van der Waals surface area contributed by atoms with Crippen LogP contribution in [0.4, 0.5) is 0 Å². The Balaban J connectivity index is 2.14. The van der Waals surface area contributed by atoms with Crippen LogP contribution in [-0.4, -0.2) is 23.2 Å². The molecule has 0 amide bonds. The van der Waals surface area contributed by atoms with Gasteiger partial charge in [0.2, 0.25) is 0 Å². The molecule has 82 valence electrons. The second kappa shape index (κ2) is 7.68. The lowest BCUT2D eigenvalue weighted by molar-refractivity contribution is 0.892. The highest BCUT2D eigenvalue weighted by Crippen LogP contribution is 2.07. The second-order valence-electron chi connectivity index (χ2n) is 3.09. The molecule has 0 bridgehead atoms. The Hall–Kier alpha value is -0.580. The lowest BCUT2D eigenvalue weighted by Crippen LogP contribution is -2.25. The number of rotatable bonds is 5. The van der Waals surface area contributed by atoms with Crippen LogP contribution in [0.3, 0.4) is 0 Å². The maximum Gasteiger partial charge on any atom is 0.133 e. The van der Waals surface area contributed by atoms with Crippen molar-refractivity contribution in [2.45, 2.75) is 6.42 Å². The van der Waals surface area contributed by atoms with Crippen LogP contribution >= 0.6 is 24.0 Å². The summed E-state index contributed by atoms with van der Waals surface area (Å²) in [4.78, 5) is 0. The average molecular weight is 240 g/mol. The van der Waals surface area contributed by atoms with Gasteiger partial charge in [0.15, 0.2) is 0 Å². The molecule has 0 saturated heterocycles. The Morgan fingerprint density at radius 2 is 2.07 bits per heavy atom. The molecule has 0 aliphatic rings. The standard InChI is InChI=1S/C11H16N2S2/c12-7-8-13-11(14)15-9-6-10-4-2-1-3-5-10/h1-5H,6-9,12H2,(H,13,14). The van der Waals surface area contributed by atoms with Crippen LogP contribution in [0.15, 0.2) is 30.3 Å². The van der Waals surface area contributed by atoms with E-state index in [0.717, 1.165) is 23.0 Å². The van der Waals surface area contributed by atoms with Crippen molar-refractivity contribution in [2.24, 2.45) is 5.73 Å². The normalized spacial score (nSPS) is 9.93. The maximum absolute atomic E-state index is 5.37. The van der Waals surface area contributed by atoms with Crippen LogP contribution in [0.5, 0.6) is 0 Å². The van der Waals surface area contributed by atoms with Gasteiger partial charge in [-0.1, -0.05) is 54.3 Å². The summed E-state index contributed by atoms with van der Waals surface area (Å²) < 4.78 is 0.844. The third-order valence-electron chi connectivity index (χ3n) is 1.88. The minimum Gasteiger partial charge on any atom is -0.370 e. The zero-order valence-corrected chi connectivity index (χ0v) is 10.2. The molecule has 0 spiro atoms. The third-order valence-corrected chi connectivity index (χ3v) is 3.19. The first-order chi connectivity index (χ1) is 7.33. The summed E-state index contributed by atoms with van der Waals surface area (Å²) in [5.74, 6) is 1.01. The van der Waals surface area contributed by atoms with E-state index in [4.69, 9.17) is 18.0 Å². The zero-order valence-electron chi connectivity index (χ0n) is 8.61. The van der Waals surface area contributed by atoms with Gasteiger partial charge in [0.25, 0.3) is 0 Å². The Labute approximate surface area is 101 Å². The van der Waals surface area contributed by atoms with E-state index in [1.807, 2.05) is 6.07 Å². The van der Waals surface area contributed by atoms with Crippen LogP contribution < -0.4 is 11.1 Å². The monoisotopic (exact) mass is 240 g/mol. The molecule has 3 N–H and O–H groups in total. The number of nitrogens with one attached hydrogen (secondary N) is 1. The van der Waals surface area contributed by atoms with Crippen molar-refractivity contribution < 1.29 is 0 Å². The number of benzene rings is 1. The van der Waals surface area contributed by atoms with Gasteiger partial charge in [-0.25, -0.2) is 0 Å². The largest absolute Gasteiger partial charge is 0.370 e. The Kier molecular flexibility index (Phi) is 6.39. The van der Waals surface area contributed by atoms with Gasteiger partial charge >= 0.3 is 0 Å². The molecule has 0 aliphatic heterocycles. The molecule has 1 aromatic carbocycles. The summed E-state index contributed by atoms with van der Waals surface area (Å²) in [6.07, 6.45) is 1.05. The number of thiocarbonyl (C=S) groups is 1. The molecular formula is C11H16N2S2. The predicted octanol–water partition coefficient (Wildman–Crippen LogP) is 1.80. The first-order valence-corrected chi connectivity index (χ1v) is 6.37. The lowest BCUT2D eigenvalue weighted by Gasteiger charge is -2.05. The second-order valence-corrected chi connectivity index (χ2v) is 4.86. The fraction of sp³-hybridized carbons (Fsp3) is 0.364. The van der Waals surface area contributed by atoms with Gasteiger partial charge in [0.05, 0.1) is 0 Å². The van der Waals surface area contributed by atoms with Crippen LogP contribution in [0.25, 0.3) is 0 Å². The van der Waals surface area contributed by atoms with Crippen LogP contribution in [0, 0.1) is 0 Å². The molecule has 0 heterocycles. The van der Waals surface area contributed by atoms with E-state index in [0.29, 0.717) is 6.54 Å². The summed E-state index contributed by atoms with van der Waals surface area (Å²) >= 11 is 6.81. The molecular weight excluding hydrogens is 224 g/mol. The minimum absolute atomic E-state index is 0.624. The van der Waals surface area contributed by atoms with Crippen molar-refractivity contribution in [3.8, 4) is 0 Å². The molecule has 0 aliphatic carbocycles. The van der Waals surface area contributed by atoms with Gasteiger partial charge in [-0.05, 0) is 12.0 Å². The minimum atomic E-state index is 0.624. The van der Waals surface area contributed by atoms with E-state index in [2.05, 4.69) is 29.6 Å². The van der Waals surface area contributed by atoms with Crippen molar-refractivity contribution in [2.75, 3.05) is 18.8 Å². The van der Waals surface area contributed by atoms with Crippen molar-refractivity contribution in [3.63, 3.8) is 0 Å². The number of nitrogens with two attached hydrogens (primary N) is 1. The third kappa shape index (κ3) is 5.77. The van der Waals surface area contributed by atoms with Crippen molar-refractivity contribution in [1.82, 2.24) is 5.32 Å². The summed E-state index contributed by atoms with van der Waals surface area (Å²) in [7, 11) is 0. The quantitative estimate of drug-likeness (QED) is 0.770. The molecule has 0 radical (unpaired) electrons. The number of aryl methyl sites for hydroxylation is 1. The van der Waals surface area contributed by atoms with Crippen molar-refractivity contribution in [1.29, 1.82) is 0 Å². The van der Waals surface area contributed by atoms with E-state index < -0.39 is 0 Å². The molecule has 0 saturated carbocycles. The van der Waals surface area contributed by atoms with Crippen LogP contribution in [-0.2, 0) is 6.42 Å². The van der Waals surface area contributed by atoms with Gasteiger partial charge in [0.1, 0.15) is 4.32 Å². The van der Waals surface area contributed by atoms with E-state index in [-0.39, 0.29) is 0 Å². The van der Waals surface area contributed by atoms with E-state index >= 15 is 0 Å². The van der Waals surface area contributed by atoms with Crippen molar-refractivity contribution >= 4 is 28.3 Å². The van der Waals surface area contributed by atoms with Crippen LogP contribution in [0.1, 0.15) is 5.56 Å². The van der Waals surface area contributed by atoms with Gasteiger partial charge < -0.3 is 11.1 Å². The first kappa shape index (κ1) is 12.5. The predicted molar refractivity (Wildman–Crippen MR) is 72.3 cm³/mol. The molecule has 1 rings (SSSR count). The average Bonchev–Trinajstić information content (AvgIpc) is 2.28. The van der Waals surface area contributed by atoms with Gasteiger partial charge in [-0.15, -0.1) is 0 Å². The molecule has 4 heteroatoms. The number of hydrogen-bond donors (Lipinski definition) is 2. The molecule has 0 unspecified atom stereocenters. The highest BCUT2D eigenvalue weighted by Gasteiger charge is 1.96. The fourth-order valence-corrected chi connectivity index (χ4v) is 2.21. The zero-order chi connectivity index (χ0) is 10.9. The van der Waals surface area contributed by atoms with Gasteiger partial charge in [-0.3, -0.25) is 0 Å². The van der Waals surface area contributed by atoms with E-state index in [1.54, 1.807) is 11.8 Å². The molecule has 0 aromatic heterocycles. The highest BCUT2D eigenvalue weighted by molar-refractivity contribution is 8.22. The summed E-state index contributed by atoms with van der Waals surface area (Å²) in [5, 5.41) is 3.09. The topological polar surface area (TPSA) is 38.0 Å². The summed E-state index contributed by atoms with van der Waals surface area (Å²) in [5.41, 5.74) is 6.72. The maximum atomic E-state index is 5.37. The summed E-state index contributed by atoms with van der Waals surface area (Å²) in [6.45, 7) is 1.39. The van der Waals surface area contributed by atoms with E-state index in [1.165, 1.54) is 5.56 Å². The molecule has 1 aromatic rings. The number of thioether (sulfide) groups is 1. The molecule has 2 nitrogen and oxygen atoms in total. The molecule has 15 heavy (non-hydrogen) atoms. The molecule has 0 fully saturated rings. The Morgan fingerprint density at radius 1 is 1.33 bits per heavy atom. The fourth-order valence-electron chi connectivity index (χ4n) is 1.13. The van der Waals surface area contributed by atoms with Gasteiger partial charge in [0, 0.05) is 18.8 Å². The Bertz CT molecular complexity index is 288. The first-order valence-electron chi connectivity index (χ1n) is 4.97. The molecule has 0 atom stereocenters. The van der Waals surface area contributed by atoms with E-state index in [9.17, 15) is 0 Å². The van der Waals surface area contributed by atoms with Crippen molar-refractivity contribution in [3.05, 3.63) is 35.9 Å². The smallest absolute Gasteiger partial charge is 0.133 e. The highest BCUT2D eigenvalue weighted by atomic mass is 32.2. The van der Waals surface area contributed by atoms with Gasteiger partial charge in [-0.2, -0.15) is 0 Å². The SMILES string of the molecule is NCCNC(=S)SCCc1ccccc1. The lowest BCUT2D eigenvalue weighted by atomic mass is 10.2. The Morgan fingerprint density at radius 3 is 2.73 bits per heavy atom.